The third-order valence-electron chi connectivity index (χ3n) is 3.87. The summed E-state index contributed by atoms with van der Waals surface area (Å²) in [5, 5.41) is 1.23. The second-order valence-electron chi connectivity index (χ2n) is 5.06. The molecule has 0 aliphatic heterocycles. The molecule has 0 spiro atoms. The van der Waals surface area contributed by atoms with Crippen LogP contribution in [0.5, 0.6) is 0 Å². The van der Waals surface area contributed by atoms with Gasteiger partial charge in [-0.05, 0) is 29.0 Å². The quantitative estimate of drug-likeness (QED) is 0.490. The molecule has 0 amide bonds. The predicted molar refractivity (Wildman–Crippen MR) is 77.2 cm³/mol. The number of carbonyl (C=O) groups excluding carboxylic acids is 2. The first-order valence-electron chi connectivity index (χ1n) is 6.57. The normalized spacial score (nSPS) is 13.2. The lowest BCUT2D eigenvalue weighted by atomic mass is 9.82. The molecule has 0 saturated carbocycles. The Kier molecular flexibility index (Phi) is 2.33. The van der Waals surface area contributed by atoms with E-state index in [0.717, 1.165) is 5.39 Å². The van der Waals surface area contributed by atoms with Crippen molar-refractivity contribution in [1.82, 2.24) is 0 Å². The molecule has 21 heavy (non-hydrogen) atoms. The molecule has 100 valence electrons. The zero-order valence-corrected chi connectivity index (χ0v) is 10.9. The van der Waals surface area contributed by atoms with Gasteiger partial charge in [-0.1, -0.05) is 36.4 Å². The number of rotatable bonds is 0. The van der Waals surface area contributed by atoms with Gasteiger partial charge in [0.2, 0.25) is 0 Å². The van der Waals surface area contributed by atoms with E-state index < -0.39 is 5.82 Å². The minimum absolute atomic E-state index is 0.189. The molecule has 0 fully saturated rings. The van der Waals surface area contributed by atoms with E-state index in [2.05, 4.69) is 0 Å². The van der Waals surface area contributed by atoms with Crippen LogP contribution in [0.2, 0.25) is 0 Å². The number of carbonyl (C=O) groups is 2. The summed E-state index contributed by atoms with van der Waals surface area (Å²) in [5.74, 6) is -0.835. The molecule has 4 rings (SSSR count). The van der Waals surface area contributed by atoms with Gasteiger partial charge in [-0.15, -0.1) is 0 Å². The van der Waals surface area contributed by atoms with Crippen molar-refractivity contribution in [3.05, 3.63) is 82.7 Å². The molecule has 3 aromatic rings. The number of hydrogen-bond donors (Lipinski definition) is 0. The highest BCUT2D eigenvalue weighted by atomic mass is 19.1. The molecule has 0 aromatic heterocycles. The highest BCUT2D eigenvalue weighted by molar-refractivity contribution is 6.32. The Bertz CT molecular complexity index is 941. The maximum atomic E-state index is 13.5. The Hall–Kier alpha value is -2.81. The fourth-order valence-corrected chi connectivity index (χ4v) is 2.88. The molecule has 0 heterocycles. The van der Waals surface area contributed by atoms with Crippen molar-refractivity contribution in [3.63, 3.8) is 0 Å². The fourth-order valence-electron chi connectivity index (χ4n) is 2.88. The first-order valence-corrected chi connectivity index (χ1v) is 6.57. The Morgan fingerprint density at radius 2 is 1.38 bits per heavy atom. The highest BCUT2D eigenvalue weighted by Gasteiger charge is 2.30. The highest BCUT2D eigenvalue weighted by Crippen LogP contribution is 2.32. The summed E-state index contributed by atoms with van der Waals surface area (Å²) >= 11 is 0. The van der Waals surface area contributed by atoms with Crippen LogP contribution in [-0.2, 0) is 0 Å². The van der Waals surface area contributed by atoms with Crippen LogP contribution in [0.15, 0.2) is 54.6 Å². The van der Waals surface area contributed by atoms with Gasteiger partial charge in [-0.25, -0.2) is 4.39 Å². The Morgan fingerprint density at radius 3 is 2.14 bits per heavy atom. The minimum atomic E-state index is -0.421. The van der Waals surface area contributed by atoms with Crippen LogP contribution in [0.3, 0.4) is 0 Å². The molecule has 0 atom stereocenters. The minimum Gasteiger partial charge on any atom is -0.289 e. The summed E-state index contributed by atoms with van der Waals surface area (Å²) in [5.41, 5.74) is 1.44. The van der Waals surface area contributed by atoms with Gasteiger partial charge in [-0.3, -0.25) is 9.59 Å². The summed E-state index contributed by atoms with van der Waals surface area (Å²) in [6.07, 6.45) is 0. The molecular formula is C18H9FO2. The number of benzene rings is 3. The lowest BCUT2D eigenvalue weighted by Gasteiger charge is -2.19. The van der Waals surface area contributed by atoms with E-state index in [1.807, 2.05) is 0 Å². The predicted octanol–water partition coefficient (Wildman–Crippen LogP) is 3.75. The van der Waals surface area contributed by atoms with Crippen LogP contribution < -0.4 is 0 Å². The summed E-state index contributed by atoms with van der Waals surface area (Å²) in [7, 11) is 0. The average molecular weight is 276 g/mol. The molecular weight excluding hydrogens is 267 g/mol. The molecule has 0 unspecified atom stereocenters. The zero-order chi connectivity index (χ0) is 14.6. The van der Waals surface area contributed by atoms with Crippen molar-refractivity contribution >= 4 is 22.3 Å². The SMILES string of the molecule is O=C1c2ccccc2C(=O)c2c1ccc1ccc(F)cc21. The maximum absolute atomic E-state index is 13.5. The second-order valence-corrected chi connectivity index (χ2v) is 5.06. The molecule has 0 N–H and O–H groups in total. The number of ketones is 2. The van der Waals surface area contributed by atoms with Gasteiger partial charge >= 0.3 is 0 Å². The van der Waals surface area contributed by atoms with E-state index in [0.29, 0.717) is 27.6 Å². The molecule has 0 radical (unpaired) electrons. The van der Waals surface area contributed by atoms with Crippen molar-refractivity contribution in [2.45, 2.75) is 0 Å². The second kappa shape index (κ2) is 4.09. The third-order valence-corrected chi connectivity index (χ3v) is 3.87. The number of hydrogen-bond acceptors (Lipinski definition) is 2. The van der Waals surface area contributed by atoms with E-state index in [4.69, 9.17) is 0 Å². The third kappa shape index (κ3) is 1.57. The van der Waals surface area contributed by atoms with Gasteiger partial charge in [0.1, 0.15) is 5.82 Å². The Morgan fingerprint density at radius 1 is 0.714 bits per heavy atom. The van der Waals surface area contributed by atoms with Crippen LogP contribution in [0.4, 0.5) is 4.39 Å². The standard InChI is InChI=1S/C18H9FO2/c19-11-7-5-10-6-8-14-16(15(10)9-11)18(21)13-4-2-1-3-12(13)17(14)20/h1-9H. The van der Waals surface area contributed by atoms with Crippen molar-refractivity contribution in [2.75, 3.05) is 0 Å². The first kappa shape index (κ1) is 12.0. The summed E-state index contributed by atoms with van der Waals surface area (Å²) in [6, 6.07) is 14.4. The van der Waals surface area contributed by atoms with Gasteiger partial charge in [0.05, 0.1) is 0 Å². The molecule has 1 aliphatic rings. The summed E-state index contributed by atoms with van der Waals surface area (Å²) < 4.78 is 13.5. The smallest absolute Gasteiger partial charge is 0.195 e. The van der Waals surface area contributed by atoms with Crippen LogP contribution in [0.25, 0.3) is 10.8 Å². The molecule has 0 saturated heterocycles. The zero-order valence-electron chi connectivity index (χ0n) is 10.9. The van der Waals surface area contributed by atoms with Crippen molar-refractivity contribution in [2.24, 2.45) is 0 Å². The van der Waals surface area contributed by atoms with Gasteiger partial charge in [0.25, 0.3) is 0 Å². The van der Waals surface area contributed by atoms with Crippen LogP contribution in [0, 0.1) is 5.82 Å². The Labute approximate surface area is 119 Å². The largest absolute Gasteiger partial charge is 0.289 e. The molecule has 3 heteroatoms. The van der Waals surface area contributed by atoms with Crippen LogP contribution in [0.1, 0.15) is 31.8 Å². The van der Waals surface area contributed by atoms with Gasteiger partial charge < -0.3 is 0 Å². The van der Waals surface area contributed by atoms with Gasteiger partial charge in [0.15, 0.2) is 11.6 Å². The summed E-state index contributed by atoms with van der Waals surface area (Å²) in [4.78, 5) is 25.2. The first-order chi connectivity index (χ1) is 10.2. The van der Waals surface area contributed by atoms with Crippen molar-refractivity contribution < 1.29 is 14.0 Å². The maximum Gasteiger partial charge on any atom is 0.195 e. The summed E-state index contributed by atoms with van der Waals surface area (Å²) in [6.45, 7) is 0. The lowest BCUT2D eigenvalue weighted by molar-refractivity contribution is 0.0980. The molecule has 3 aromatic carbocycles. The van der Waals surface area contributed by atoms with Crippen LogP contribution in [-0.4, -0.2) is 11.6 Å². The Balaban J connectivity index is 2.13. The van der Waals surface area contributed by atoms with Crippen LogP contribution >= 0.6 is 0 Å². The van der Waals surface area contributed by atoms with E-state index in [1.165, 1.54) is 12.1 Å². The number of fused-ring (bicyclic) bond motifs is 4. The number of halogens is 1. The van der Waals surface area contributed by atoms with E-state index >= 15 is 0 Å². The van der Waals surface area contributed by atoms with Gasteiger partial charge in [0, 0.05) is 22.3 Å². The average Bonchev–Trinajstić information content (AvgIpc) is 2.51. The topological polar surface area (TPSA) is 34.1 Å². The van der Waals surface area contributed by atoms with Crippen molar-refractivity contribution in [1.29, 1.82) is 0 Å². The van der Waals surface area contributed by atoms with E-state index in [9.17, 15) is 14.0 Å². The molecule has 1 aliphatic carbocycles. The molecule has 2 nitrogen and oxygen atoms in total. The molecule has 0 bridgehead atoms. The fraction of sp³-hybridized carbons (Fsp3) is 0. The lowest BCUT2D eigenvalue weighted by Crippen LogP contribution is -2.21. The van der Waals surface area contributed by atoms with E-state index in [1.54, 1.807) is 42.5 Å². The van der Waals surface area contributed by atoms with E-state index in [-0.39, 0.29) is 11.6 Å². The monoisotopic (exact) mass is 276 g/mol. The van der Waals surface area contributed by atoms with Crippen molar-refractivity contribution in [3.8, 4) is 0 Å². The van der Waals surface area contributed by atoms with Gasteiger partial charge in [-0.2, -0.15) is 0 Å².